The third-order valence-electron chi connectivity index (χ3n) is 4.01. The number of para-hydroxylation sites is 1. The monoisotopic (exact) mass is 382 g/mol. The number of carbonyl (C=O) groups excluding carboxylic acids is 3. The molecule has 0 aliphatic carbocycles. The molecule has 148 valence electrons. The van der Waals surface area contributed by atoms with Crippen molar-refractivity contribution in [2.24, 2.45) is 0 Å². The van der Waals surface area contributed by atoms with Gasteiger partial charge in [0, 0.05) is 11.4 Å². The molecule has 6 heteroatoms. The van der Waals surface area contributed by atoms with Gasteiger partial charge in [0.15, 0.2) is 0 Å². The van der Waals surface area contributed by atoms with Crippen LogP contribution in [0.1, 0.15) is 50.0 Å². The zero-order valence-electron chi connectivity index (χ0n) is 16.7. The van der Waals surface area contributed by atoms with Crippen LogP contribution in [0.2, 0.25) is 0 Å². The molecule has 0 heterocycles. The number of ether oxygens (including phenoxy) is 1. The third kappa shape index (κ3) is 5.94. The predicted octanol–water partition coefficient (Wildman–Crippen LogP) is 4.13. The predicted molar refractivity (Wildman–Crippen MR) is 109 cm³/mol. The number of nitrogens with one attached hydrogen (secondary N) is 2. The number of anilines is 2. The Balaban J connectivity index is 1.95. The van der Waals surface area contributed by atoms with Crippen molar-refractivity contribution in [3.05, 3.63) is 59.7 Å². The summed E-state index contributed by atoms with van der Waals surface area (Å²) in [6.45, 7) is 8.21. The van der Waals surface area contributed by atoms with E-state index in [-0.39, 0.29) is 11.8 Å². The Labute approximate surface area is 165 Å². The van der Waals surface area contributed by atoms with Gasteiger partial charge < -0.3 is 15.4 Å². The normalized spacial score (nSPS) is 10.9. The van der Waals surface area contributed by atoms with Crippen molar-refractivity contribution in [3.8, 4) is 0 Å². The standard InChI is InChI=1S/C22H26N2O4/c1-5-28-21(27)15-10-12-16(13-11-15)23-19(25)14-20(26)24-18-9-7-6-8-17(18)22(2,3)4/h6-13H,5,14H2,1-4H3,(H,23,25)(H,24,26). The topological polar surface area (TPSA) is 84.5 Å². The smallest absolute Gasteiger partial charge is 0.338 e. The second kappa shape index (κ2) is 9.17. The Kier molecular flexibility index (Phi) is 6.93. The quantitative estimate of drug-likeness (QED) is 0.581. The Morgan fingerprint density at radius 3 is 2.11 bits per heavy atom. The number of rotatable bonds is 6. The first-order valence-electron chi connectivity index (χ1n) is 9.17. The van der Waals surface area contributed by atoms with E-state index in [0.29, 0.717) is 23.5 Å². The Morgan fingerprint density at radius 1 is 0.893 bits per heavy atom. The van der Waals surface area contributed by atoms with Crippen molar-refractivity contribution >= 4 is 29.2 Å². The van der Waals surface area contributed by atoms with Gasteiger partial charge in [0.1, 0.15) is 6.42 Å². The summed E-state index contributed by atoms with van der Waals surface area (Å²) >= 11 is 0. The van der Waals surface area contributed by atoms with Gasteiger partial charge in [-0.15, -0.1) is 0 Å². The lowest BCUT2D eigenvalue weighted by atomic mass is 9.86. The van der Waals surface area contributed by atoms with Crippen molar-refractivity contribution < 1.29 is 19.1 Å². The summed E-state index contributed by atoms with van der Waals surface area (Å²) in [5.41, 5.74) is 2.47. The zero-order valence-corrected chi connectivity index (χ0v) is 16.7. The lowest BCUT2D eigenvalue weighted by Crippen LogP contribution is -2.23. The van der Waals surface area contributed by atoms with Crippen LogP contribution < -0.4 is 10.6 Å². The fourth-order valence-corrected chi connectivity index (χ4v) is 2.70. The van der Waals surface area contributed by atoms with Crippen LogP contribution in [0.4, 0.5) is 11.4 Å². The highest BCUT2D eigenvalue weighted by Crippen LogP contribution is 2.29. The van der Waals surface area contributed by atoms with Crippen molar-refractivity contribution in [2.45, 2.75) is 39.5 Å². The van der Waals surface area contributed by atoms with E-state index in [0.717, 1.165) is 5.56 Å². The minimum Gasteiger partial charge on any atom is -0.462 e. The van der Waals surface area contributed by atoms with Crippen molar-refractivity contribution in [1.29, 1.82) is 0 Å². The highest BCUT2D eigenvalue weighted by Gasteiger charge is 2.19. The van der Waals surface area contributed by atoms with Crippen molar-refractivity contribution in [2.75, 3.05) is 17.2 Å². The van der Waals surface area contributed by atoms with Crippen molar-refractivity contribution in [3.63, 3.8) is 0 Å². The number of carbonyl (C=O) groups is 3. The van der Waals surface area contributed by atoms with E-state index in [2.05, 4.69) is 31.4 Å². The first-order chi connectivity index (χ1) is 13.2. The van der Waals surface area contributed by atoms with Gasteiger partial charge in [-0.25, -0.2) is 4.79 Å². The maximum atomic E-state index is 12.3. The van der Waals surface area contributed by atoms with Gasteiger partial charge >= 0.3 is 5.97 Å². The highest BCUT2D eigenvalue weighted by atomic mass is 16.5. The first kappa shape index (κ1) is 21.2. The molecule has 2 aromatic rings. The summed E-state index contributed by atoms with van der Waals surface area (Å²) in [5, 5.41) is 5.46. The average molecular weight is 382 g/mol. The van der Waals surface area contributed by atoms with Gasteiger partial charge in [0.2, 0.25) is 11.8 Å². The number of esters is 1. The number of amides is 2. The maximum Gasteiger partial charge on any atom is 0.338 e. The molecule has 2 amide bonds. The summed E-state index contributed by atoms with van der Waals surface area (Å²) in [6, 6.07) is 13.9. The summed E-state index contributed by atoms with van der Waals surface area (Å²) in [5.74, 6) is -1.25. The molecule has 2 rings (SSSR count). The van der Waals surface area contributed by atoms with Gasteiger partial charge in [-0.05, 0) is 48.2 Å². The van der Waals surface area contributed by atoms with Crippen LogP contribution in [-0.4, -0.2) is 24.4 Å². The van der Waals surface area contributed by atoms with E-state index in [9.17, 15) is 14.4 Å². The van der Waals surface area contributed by atoms with Crippen molar-refractivity contribution in [1.82, 2.24) is 0 Å². The molecule has 28 heavy (non-hydrogen) atoms. The third-order valence-corrected chi connectivity index (χ3v) is 4.01. The molecule has 6 nitrogen and oxygen atoms in total. The fraction of sp³-hybridized carbons (Fsp3) is 0.318. The van der Waals surface area contributed by atoms with Crippen LogP contribution in [0.5, 0.6) is 0 Å². The van der Waals surface area contributed by atoms with Gasteiger partial charge in [-0.2, -0.15) is 0 Å². The molecule has 0 aliphatic heterocycles. The first-order valence-corrected chi connectivity index (χ1v) is 9.17. The van der Waals surface area contributed by atoms with Crippen LogP contribution in [0, 0.1) is 0 Å². The van der Waals surface area contributed by atoms with Crippen LogP contribution in [0.15, 0.2) is 48.5 Å². The summed E-state index contributed by atoms with van der Waals surface area (Å²) < 4.78 is 4.91. The minimum absolute atomic E-state index is 0.132. The second-order valence-electron chi connectivity index (χ2n) is 7.37. The summed E-state index contributed by atoms with van der Waals surface area (Å²) in [4.78, 5) is 36.1. The van der Waals surface area contributed by atoms with Gasteiger partial charge in [0.05, 0.1) is 12.2 Å². The van der Waals surface area contributed by atoms with Crippen LogP contribution in [0.25, 0.3) is 0 Å². The lowest BCUT2D eigenvalue weighted by Gasteiger charge is -2.22. The highest BCUT2D eigenvalue weighted by molar-refractivity contribution is 6.08. The van der Waals surface area contributed by atoms with E-state index in [1.807, 2.05) is 24.3 Å². The number of hydrogen-bond acceptors (Lipinski definition) is 4. The lowest BCUT2D eigenvalue weighted by molar-refractivity contribution is -0.123. The molecule has 2 N–H and O–H groups in total. The maximum absolute atomic E-state index is 12.3. The van der Waals surface area contributed by atoms with Gasteiger partial charge in [-0.3, -0.25) is 9.59 Å². The Hall–Kier alpha value is -3.15. The summed E-state index contributed by atoms with van der Waals surface area (Å²) in [7, 11) is 0. The molecule has 2 aromatic carbocycles. The van der Waals surface area contributed by atoms with Crippen LogP contribution in [-0.2, 0) is 19.7 Å². The number of benzene rings is 2. The molecular formula is C22H26N2O4. The van der Waals surface area contributed by atoms with Gasteiger partial charge in [-0.1, -0.05) is 39.0 Å². The van der Waals surface area contributed by atoms with Gasteiger partial charge in [0.25, 0.3) is 0 Å². The Morgan fingerprint density at radius 2 is 1.50 bits per heavy atom. The molecule has 0 radical (unpaired) electrons. The molecule has 0 atom stereocenters. The second-order valence-corrected chi connectivity index (χ2v) is 7.37. The van der Waals surface area contributed by atoms with E-state index in [1.54, 1.807) is 31.2 Å². The molecule has 0 unspecified atom stereocenters. The summed E-state index contributed by atoms with van der Waals surface area (Å²) in [6.07, 6.45) is -0.307. The van der Waals surface area contributed by atoms with E-state index < -0.39 is 17.8 Å². The zero-order chi connectivity index (χ0) is 20.7. The Bertz CT molecular complexity index is 852. The fourth-order valence-electron chi connectivity index (χ4n) is 2.70. The van der Waals surface area contributed by atoms with E-state index in [4.69, 9.17) is 4.74 Å². The van der Waals surface area contributed by atoms with E-state index in [1.165, 1.54) is 0 Å². The molecule has 0 aromatic heterocycles. The minimum atomic E-state index is -0.436. The molecule has 0 saturated heterocycles. The van der Waals surface area contributed by atoms with E-state index >= 15 is 0 Å². The molecule has 0 spiro atoms. The number of hydrogen-bond donors (Lipinski definition) is 2. The molecule has 0 fully saturated rings. The van der Waals surface area contributed by atoms with Crippen LogP contribution >= 0.6 is 0 Å². The largest absolute Gasteiger partial charge is 0.462 e. The molecule has 0 saturated carbocycles. The van der Waals surface area contributed by atoms with Crippen LogP contribution in [0.3, 0.4) is 0 Å². The molecular weight excluding hydrogens is 356 g/mol. The molecule has 0 bridgehead atoms. The SMILES string of the molecule is CCOC(=O)c1ccc(NC(=O)CC(=O)Nc2ccccc2C(C)(C)C)cc1. The average Bonchev–Trinajstić information content (AvgIpc) is 2.61. The molecule has 0 aliphatic rings.